The molecule has 0 saturated heterocycles. The zero-order valence-electron chi connectivity index (χ0n) is 10.6. The summed E-state index contributed by atoms with van der Waals surface area (Å²) in [6, 6.07) is 9.88. The maximum Gasteiger partial charge on any atom is 0.214 e. The highest BCUT2D eigenvalue weighted by Crippen LogP contribution is 2.16. The number of aliphatic hydroxyl groups is 1. The molecule has 0 radical (unpaired) electrons. The van der Waals surface area contributed by atoms with Gasteiger partial charge in [0.05, 0.1) is 11.6 Å². The molecule has 4 heteroatoms. The van der Waals surface area contributed by atoms with Gasteiger partial charge in [-0.1, -0.05) is 18.2 Å². The molecule has 0 fully saturated rings. The summed E-state index contributed by atoms with van der Waals surface area (Å²) in [5.74, 6) is 0. The minimum Gasteiger partial charge on any atom is -0.356 e. The Hall–Kier alpha value is -1.49. The highest BCUT2D eigenvalue weighted by molar-refractivity contribution is 5.81. The first kappa shape index (κ1) is 13.0. The summed E-state index contributed by atoms with van der Waals surface area (Å²) < 4.78 is 5.21. The van der Waals surface area contributed by atoms with Gasteiger partial charge in [-0.15, -0.1) is 0 Å². The van der Waals surface area contributed by atoms with Crippen molar-refractivity contribution in [3.05, 3.63) is 42.1 Å². The van der Waals surface area contributed by atoms with Crippen LogP contribution in [0.4, 0.5) is 0 Å². The molecule has 1 unspecified atom stereocenters. The number of hydrogen-bond donors (Lipinski definition) is 2. The van der Waals surface area contributed by atoms with Gasteiger partial charge in [-0.2, -0.15) is 0 Å². The third kappa shape index (κ3) is 3.26. The van der Waals surface area contributed by atoms with Crippen molar-refractivity contribution in [3.8, 4) is 0 Å². The molecular weight excluding hydrogens is 228 g/mol. The number of nitrogens with zero attached hydrogens (tertiary/aromatic N) is 1. The van der Waals surface area contributed by atoms with Crippen molar-refractivity contribution in [1.82, 2.24) is 10.3 Å². The molecule has 0 aliphatic carbocycles. The van der Waals surface area contributed by atoms with Crippen molar-refractivity contribution >= 4 is 10.9 Å². The van der Waals surface area contributed by atoms with Gasteiger partial charge in [0.25, 0.3) is 0 Å². The maximum absolute atomic E-state index is 9.60. The number of aliphatic hydroxyl groups excluding tert-OH is 1. The molecule has 0 aliphatic heterocycles. The Morgan fingerprint density at radius 2 is 2.11 bits per heavy atom. The number of nitrogens with one attached hydrogen (secondary N) is 1. The lowest BCUT2D eigenvalue weighted by molar-refractivity contribution is -0.145. The predicted octanol–water partition coefficient (Wildman–Crippen LogP) is 2.03. The molecule has 2 aromatic rings. The van der Waals surface area contributed by atoms with Gasteiger partial charge in [-0.25, -0.2) is 0 Å². The van der Waals surface area contributed by atoms with Crippen LogP contribution in [0.3, 0.4) is 0 Å². The van der Waals surface area contributed by atoms with Crippen LogP contribution in [0.25, 0.3) is 10.9 Å². The van der Waals surface area contributed by atoms with E-state index in [0.717, 1.165) is 16.5 Å². The zero-order chi connectivity index (χ0) is 13.0. The summed E-state index contributed by atoms with van der Waals surface area (Å²) in [5, 5.41) is 13.6. The molecule has 1 aromatic carbocycles. The van der Waals surface area contributed by atoms with Gasteiger partial charge in [0.2, 0.25) is 6.41 Å². The van der Waals surface area contributed by atoms with Crippen LogP contribution in [0.1, 0.15) is 19.4 Å². The van der Waals surface area contributed by atoms with Gasteiger partial charge in [-0.05, 0) is 31.5 Å². The van der Waals surface area contributed by atoms with Gasteiger partial charge in [0.15, 0.2) is 0 Å². The largest absolute Gasteiger partial charge is 0.356 e. The summed E-state index contributed by atoms with van der Waals surface area (Å²) in [4.78, 5) is 4.30. The lowest BCUT2D eigenvalue weighted by Crippen LogP contribution is -2.33. The Labute approximate surface area is 107 Å². The first-order valence-electron chi connectivity index (χ1n) is 6.06. The number of pyridine rings is 1. The molecule has 0 spiro atoms. The average molecular weight is 246 g/mol. The van der Waals surface area contributed by atoms with E-state index in [9.17, 15) is 5.11 Å². The van der Waals surface area contributed by atoms with E-state index in [1.54, 1.807) is 6.20 Å². The molecule has 0 aliphatic rings. The predicted molar refractivity (Wildman–Crippen MR) is 70.8 cm³/mol. The minimum atomic E-state index is -0.947. The average Bonchev–Trinajstić information content (AvgIpc) is 2.35. The lowest BCUT2D eigenvalue weighted by Gasteiger charge is -2.16. The molecule has 2 N–H and O–H groups in total. The fraction of sp³-hybridized carbons (Fsp3) is 0.357. The molecule has 96 valence electrons. The van der Waals surface area contributed by atoms with Crippen LogP contribution in [-0.4, -0.2) is 22.6 Å². The molecule has 0 bridgehead atoms. The number of ether oxygens (including phenoxy) is 1. The second-order valence-electron chi connectivity index (χ2n) is 4.41. The molecule has 2 rings (SSSR count). The number of benzene rings is 1. The van der Waals surface area contributed by atoms with E-state index >= 15 is 0 Å². The number of hydrogen-bond acceptors (Lipinski definition) is 4. The van der Waals surface area contributed by atoms with E-state index in [0.29, 0.717) is 6.54 Å². The van der Waals surface area contributed by atoms with Crippen LogP contribution in [0.5, 0.6) is 0 Å². The van der Waals surface area contributed by atoms with E-state index in [4.69, 9.17) is 4.74 Å². The Morgan fingerprint density at radius 1 is 1.28 bits per heavy atom. The van der Waals surface area contributed by atoms with Crippen LogP contribution < -0.4 is 5.32 Å². The summed E-state index contributed by atoms with van der Waals surface area (Å²) in [6.45, 7) is 4.30. The number of aromatic nitrogens is 1. The van der Waals surface area contributed by atoms with Crippen molar-refractivity contribution in [3.63, 3.8) is 0 Å². The van der Waals surface area contributed by atoms with Gasteiger partial charge in [0.1, 0.15) is 0 Å². The quantitative estimate of drug-likeness (QED) is 0.793. The molecule has 1 heterocycles. The van der Waals surface area contributed by atoms with Crippen LogP contribution in [0, 0.1) is 0 Å². The third-order valence-corrected chi connectivity index (χ3v) is 2.60. The van der Waals surface area contributed by atoms with Crippen molar-refractivity contribution in [2.75, 3.05) is 0 Å². The Morgan fingerprint density at radius 3 is 2.89 bits per heavy atom. The van der Waals surface area contributed by atoms with E-state index in [-0.39, 0.29) is 6.10 Å². The zero-order valence-corrected chi connectivity index (χ0v) is 10.6. The SMILES string of the molecule is CC(C)OC(O)NCc1cccc2ncccc12. The van der Waals surface area contributed by atoms with E-state index < -0.39 is 6.41 Å². The number of rotatable bonds is 5. The van der Waals surface area contributed by atoms with Crippen molar-refractivity contribution in [1.29, 1.82) is 0 Å². The highest BCUT2D eigenvalue weighted by atomic mass is 16.6. The first-order valence-corrected chi connectivity index (χ1v) is 6.06. The van der Waals surface area contributed by atoms with Crippen LogP contribution >= 0.6 is 0 Å². The van der Waals surface area contributed by atoms with E-state index in [1.807, 2.05) is 44.2 Å². The molecule has 4 nitrogen and oxygen atoms in total. The maximum atomic E-state index is 9.60. The Balaban J connectivity index is 2.08. The van der Waals surface area contributed by atoms with Crippen molar-refractivity contribution in [2.24, 2.45) is 0 Å². The second-order valence-corrected chi connectivity index (χ2v) is 4.41. The summed E-state index contributed by atoms with van der Waals surface area (Å²) in [6.07, 6.45) is 0.814. The third-order valence-electron chi connectivity index (χ3n) is 2.60. The molecule has 18 heavy (non-hydrogen) atoms. The van der Waals surface area contributed by atoms with Gasteiger partial charge in [0, 0.05) is 18.1 Å². The Kier molecular flexibility index (Phi) is 4.25. The van der Waals surface area contributed by atoms with E-state index in [1.165, 1.54) is 0 Å². The number of fused-ring (bicyclic) bond motifs is 1. The fourth-order valence-electron chi connectivity index (χ4n) is 1.82. The van der Waals surface area contributed by atoms with Crippen LogP contribution in [0.2, 0.25) is 0 Å². The molecule has 1 aromatic heterocycles. The second kappa shape index (κ2) is 5.91. The van der Waals surface area contributed by atoms with Crippen LogP contribution in [-0.2, 0) is 11.3 Å². The first-order chi connectivity index (χ1) is 8.66. The molecule has 0 saturated carbocycles. The molecular formula is C14H18N2O2. The summed E-state index contributed by atoms with van der Waals surface area (Å²) in [5.41, 5.74) is 2.04. The van der Waals surface area contributed by atoms with Crippen molar-refractivity contribution in [2.45, 2.75) is 32.9 Å². The molecule has 1 atom stereocenters. The minimum absolute atomic E-state index is 0.0123. The van der Waals surface area contributed by atoms with Crippen molar-refractivity contribution < 1.29 is 9.84 Å². The standard InChI is InChI=1S/C14H18N2O2/c1-10(2)18-14(17)16-9-11-5-3-7-13-12(11)6-4-8-15-13/h3-8,10,14,16-17H,9H2,1-2H3. The van der Waals surface area contributed by atoms with Gasteiger partial charge >= 0.3 is 0 Å². The summed E-state index contributed by atoms with van der Waals surface area (Å²) in [7, 11) is 0. The normalized spacial score (nSPS) is 13.1. The monoisotopic (exact) mass is 246 g/mol. The Bertz CT molecular complexity index is 509. The topological polar surface area (TPSA) is 54.4 Å². The highest BCUT2D eigenvalue weighted by Gasteiger charge is 2.07. The summed E-state index contributed by atoms with van der Waals surface area (Å²) >= 11 is 0. The van der Waals surface area contributed by atoms with Gasteiger partial charge in [-0.3, -0.25) is 10.3 Å². The van der Waals surface area contributed by atoms with E-state index in [2.05, 4.69) is 10.3 Å². The van der Waals surface area contributed by atoms with Crippen LogP contribution in [0.15, 0.2) is 36.5 Å². The fourth-order valence-corrected chi connectivity index (χ4v) is 1.82. The smallest absolute Gasteiger partial charge is 0.214 e. The lowest BCUT2D eigenvalue weighted by atomic mass is 10.1. The molecule has 0 amide bonds. The van der Waals surface area contributed by atoms with Gasteiger partial charge < -0.3 is 9.84 Å².